The fourth-order valence-corrected chi connectivity index (χ4v) is 3.32. The highest BCUT2D eigenvalue weighted by molar-refractivity contribution is 5.89. The molecule has 0 bridgehead atoms. The van der Waals surface area contributed by atoms with Gasteiger partial charge in [0.1, 0.15) is 17.3 Å². The Balaban J connectivity index is 1.93. The van der Waals surface area contributed by atoms with E-state index in [-0.39, 0.29) is 17.4 Å². The van der Waals surface area contributed by atoms with E-state index in [0.717, 1.165) is 24.9 Å². The van der Waals surface area contributed by atoms with Gasteiger partial charge in [-0.3, -0.25) is 5.32 Å². The molecule has 2 aromatic rings. The molecular formula is C21H26FN3O4. The maximum atomic E-state index is 14.2. The minimum atomic E-state index is -0.602. The SMILES string of the molecule is CCCCOC(=O)Nc1c(OC)cc(N2CCCc3c(F)cccc32)nc1OC. The van der Waals surface area contributed by atoms with Gasteiger partial charge >= 0.3 is 6.09 Å². The van der Waals surface area contributed by atoms with Crippen LogP contribution >= 0.6 is 0 Å². The van der Waals surface area contributed by atoms with E-state index in [0.29, 0.717) is 36.7 Å². The summed E-state index contributed by atoms with van der Waals surface area (Å²) in [6.07, 6.45) is 2.58. The highest BCUT2D eigenvalue weighted by Crippen LogP contribution is 2.40. The number of methoxy groups -OCH3 is 2. The molecular weight excluding hydrogens is 377 g/mol. The number of nitrogens with zero attached hydrogens (tertiary/aromatic N) is 2. The summed E-state index contributed by atoms with van der Waals surface area (Å²) in [6, 6.07) is 6.72. The molecule has 1 aliphatic rings. The molecule has 1 aromatic heterocycles. The van der Waals surface area contributed by atoms with Crippen molar-refractivity contribution in [1.29, 1.82) is 0 Å². The molecule has 3 rings (SSSR count). The summed E-state index contributed by atoms with van der Waals surface area (Å²) in [5.41, 5.74) is 1.73. The predicted octanol–water partition coefficient (Wildman–Crippen LogP) is 4.67. The molecule has 0 spiro atoms. The Labute approximate surface area is 169 Å². The first kappa shape index (κ1) is 20.7. The van der Waals surface area contributed by atoms with Crippen molar-refractivity contribution >= 4 is 23.3 Å². The molecule has 0 unspecified atom stereocenters. The largest absolute Gasteiger partial charge is 0.494 e. The fourth-order valence-electron chi connectivity index (χ4n) is 3.32. The summed E-state index contributed by atoms with van der Waals surface area (Å²) >= 11 is 0. The van der Waals surface area contributed by atoms with Gasteiger partial charge in [0, 0.05) is 23.9 Å². The van der Waals surface area contributed by atoms with E-state index in [1.165, 1.54) is 20.3 Å². The maximum Gasteiger partial charge on any atom is 0.411 e. The third-order valence-corrected chi connectivity index (χ3v) is 4.78. The van der Waals surface area contributed by atoms with Crippen molar-refractivity contribution in [2.24, 2.45) is 0 Å². The molecule has 2 heterocycles. The molecule has 29 heavy (non-hydrogen) atoms. The maximum absolute atomic E-state index is 14.2. The van der Waals surface area contributed by atoms with Crippen molar-refractivity contribution in [2.75, 3.05) is 37.6 Å². The summed E-state index contributed by atoms with van der Waals surface area (Å²) in [5, 5.41) is 2.65. The number of ether oxygens (including phenoxy) is 3. The van der Waals surface area contributed by atoms with Crippen molar-refractivity contribution in [3.8, 4) is 11.6 Å². The van der Waals surface area contributed by atoms with Gasteiger partial charge in [-0.2, -0.15) is 4.98 Å². The van der Waals surface area contributed by atoms with Gasteiger partial charge in [-0.15, -0.1) is 0 Å². The first-order valence-electron chi connectivity index (χ1n) is 9.70. The molecule has 0 saturated carbocycles. The molecule has 1 N–H and O–H groups in total. The molecule has 156 valence electrons. The van der Waals surface area contributed by atoms with Gasteiger partial charge < -0.3 is 19.1 Å². The highest BCUT2D eigenvalue weighted by atomic mass is 19.1. The molecule has 0 atom stereocenters. The molecule has 0 radical (unpaired) electrons. The van der Waals surface area contributed by atoms with E-state index < -0.39 is 6.09 Å². The molecule has 0 saturated heterocycles. The van der Waals surface area contributed by atoms with Crippen LogP contribution in [0.4, 0.5) is 26.4 Å². The lowest BCUT2D eigenvalue weighted by atomic mass is 10.0. The number of hydrogen-bond acceptors (Lipinski definition) is 6. The number of carbonyl (C=O) groups is 1. The fraction of sp³-hybridized carbons (Fsp3) is 0.429. The first-order chi connectivity index (χ1) is 14.1. The minimum absolute atomic E-state index is 0.190. The Morgan fingerprint density at radius 1 is 1.31 bits per heavy atom. The molecule has 8 heteroatoms. The van der Waals surface area contributed by atoms with Crippen LogP contribution in [0.5, 0.6) is 11.6 Å². The number of pyridine rings is 1. The lowest BCUT2D eigenvalue weighted by Crippen LogP contribution is -2.26. The Morgan fingerprint density at radius 3 is 2.86 bits per heavy atom. The number of halogens is 1. The minimum Gasteiger partial charge on any atom is -0.494 e. The summed E-state index contributed by atoms with van der Waals surface area (Å²) < 4.78 is 30.2. The normalized spacial score (nSPS) is 12.9. The Bertz CT molecular complexity index is 850. The van der Waals surface area contributed by atoms with E-state index in [4.69, 9.17) is 14.2 Å². The standard InChI is InChI=1S/C21H26FN3O4/c1-4-5-12-29-21(26)24-19-17(27-2)13-18(23-20(19)28-3)25-11-7-8-14-15(22)9-6-10-16(14)25/h6,9-10,13H,4-5,7-8,11-12H2,1-3H3,(H,24,26). The van der Waals surface area contributed by atoms with Crippen molar-refractivity contribution < 1.29 is 23.4 Å². The van der Waals surface area contributed by atoms with Gasteiger partial charge in [-0.05, 0) is 31.4 Å². The number of hydrogen-bond donors (Lipinski definition) is 1. The van der Waals surface area contributed by atoms with E-state index in [1.54, 1.807) is 12.1 Å². The second-order valence-corrected chi connectivity index (χ2v) is 6.67. The van der Waals surface area contributed by atoms with Crippen molar-refractivity contribution in [3.05, 3.63) is 35.6 Å². The number of unbranched alkanes of at least 4 members (excludes halogenated alkanes) is 1. The second kappa shape index (κ2) is 9.45. The topological polar surface area (TPSA) is 72.9 Å². The summed E-state index contributed by atoms with van der Waals surface area (Å²) in [6.45, 7) is 3.02. The molecule has 1 amide bonds. The van der Waals surface area contributed by atoms with Gasteiger partial charge in [-0.25, -0.2) is 9.18 Å². The van der Waals surface area contributed by atoms with Crippen LogP contribution in [0.3, 0.4) is 0 Å². The third kappa shape index (κ3) is 4.52. The number of anilines is 3. The van der Waals surface area contributed by atoms with Crippen LogP contribution in [0, 0.1) is 5.82 Å². The molecule has 0 aliphatic carbocycles. The highest BCUT2D eigenvalue weighted by Gasteiger charge is 2.25. The van der Waals surface area contributed by atoms with Crippen LogP contribution in [-0.4, -0.2) is 38.4 Å². The first-order valence-corrected chi connectivity index (χ1v) is 9.70. The van der Waals surface area contributed by atoms with E-state index in [2.05, 4.69) is 10.3 Å². The molecule has 0 fully saturated rings. The lowest BCUT2D eigenvalue weighted by molar-refractivity contribution is 0.159. The van der Waals surface area contributed by atoms with Gasteiger partial charge in [0.25, 0.3) is 0 Å². The van der Waals surface area contributed by atoms with Gasteiger partial charge in [-0.1, -0.05) is 19.4 Å². The Kier molecular flexibility index (Phi) is 6.74. The average Bonchev–Trinajstić information content (AvgIpc) is 2.74. The van der Waals surface area contributed by atoms with Crippen LogP contribution in [-0.2, 0) is 11.2 Å². The zero-order valence-corrected chi connectivity index (χ0v) is 17.0. The monoisotopic (exact) mass is 403 g/mol. The van der Waals surface area contributed by atoms with Crippen molar-refractivity contribution in [3.63, 3.8) is 0 Å². The number of benzene rings is 1. The zero-order chi connectivity index (χ0) is 20.8. The van der Waals surface area contributed by atoms with Crippen LogP contribution in [0.1, 0.15) is 31.7 Å². The van der Waals surface area contributed by atoms with Crippen LogP contribution in [0.25, 0.3) is 0 Å². The van der Waals surface area contributed by atoms with Crippen molar-refractivity contribution in [2.45, 2.75) is 32.6 Å². The third-order valence-electron chi connectivity index (χ3n) is 4.78. The van der Waals surface area contributed by atoms with Crippen LogP contribution in [0.15, 0.2) is 24.3 Å². The quantitative estimate of drug-likeness (QED) is 0.677. The second-order valence-electron chi connectivity index (χ2n) is 6.67. The van der Waals surface area contributed by atoms with Gasteiger partial charge in [0.15, 0.2) is 5.75 Å². The molecule has 1 aliphatic heterocycles. The number of aromatic nitrogens is 1. The number of fused-ring (bicyclic) bond motifs is 1. The van der Waals surface area contributed by atoms with E-state index in [9.17, 15) is 9.18 Å². The number of rotatable bonds is 7. The van der Waals surface area contributed by atoms with Crippen LogP contribution in [0.2, 0.25) is 0 Å². The van der Waals surface area contributed by atoms with E-state index >= 15 is 0 Å². The average molecular weight is 403 g/mol. The number of nitrogens with one attached hydrogen (secondary N) is 1. The summed E-state index contributed by atoms with van der Waals surface area (Å²) in [4.78, 5) is 18.5. The van der Waals surface area contributed by atoms with Crippen LogP contribution < -0.4 is 19.7 Å². The molecule has 7 nitrogen and oxygen atoms in total. The van der Waals surface area contributed by atoms with Gasteiger partial charge in [0.2, 0.25) is 5.88 Å². The zero-order valence-electron chi connectivity index (χ0n) is 17.0. The number of amides is 1. The Hall–Kier alpha value is -3.03. The van der Waals surface area contributed by atoms with Gasteiger partial charge in [0.05, 0.1) is 20.8 Å². The predicted molar refractivity (Wildman–Crippen MR) is 109 cm³/mol. The Morgan fingerprint density at radius 2 is 2.14 bits per heavy atom. The molecule has 1 aromatic carbocycles. The smallest absolute Gasteiger partial charge is 0.411 e. The van der Waals surface area contributed by atoms with Crippen molar-refractivity contribution in [1.82, 2.24) is 4.98 Å². The summed E-state index contributed by atoms with van der Waals surface area (Å²) in [5.74, 6) is 0.896. The lowest BCUT2D eigenvalue weighted by Gasteiger charge is -2.31. The number of carbonyl (C=O) groups excluding carboxylic acids is 1. The summed E-state index contributed by atoms with van der Waals surface area (Å²) in [7, 11) is 2.96. The van der Waals surface area contributed by atoms with E-state index in [1.807, 2.05) is 17.9 Å².